The van der Waals surface area contributed by atoms with Gasteiger partial charge in [0, 0.05) is 39.2 Å². The van der Waals surface area contributed by atoms with E-state index in [2.05, 4.69) is 0 Å². The Hall–Kier alpha value is -1.10. The molecule has 16 heavy (non-hydrogen) atoms. The van der Waals surface area contributed by atoms with E-state index in [1.807, 2.05) is 18.7 Å². The maximum Gasteiger partial charge on any atom is 0.248 e. The summed E-state index contributed by atoms with van der Waals surface area (Å²) in [5.41, 5.74) is 0. The first-order valence-corrected chi connectivity index (χ1v) is 5.61. The Morgan fingerprint density at radius 3 is 2.06 bits per heavy atom. The van der Waals surface area contributed by atoms with Crippen LogP contribution in [0.1, 0.15) is 13.8 Å². The van der Waals surface area contributed by atoms with Crippen LogP contribution in [0.15, 0.2) is 0 Å². The van der Waals surface area contributed by atoms with Gasteiger partial charge in [-0.1, -0.05) is 13.8 Å². The highest BCUT2D eigenvalue weighted by Gasteiger charge is 2.24. The molecular weight excluding hydrogens is 208 g/mol. The summed E-state index contributed by atoms with van der Waals surface area (Å²) in [6.45, 7) is 6.40. The number of methoxy groups -OCH3 is 1. The van der Waals surface area contributed by atoms with Gasteiger partial charge in [-0.05, 0) is 0 Å². The van der Waals surface area contributed by atoms with Gasteiger partial charge in [-0.15, -0.1) is 0 Å². The zero-order valence-corrected chi connectivity index (χ0v) is 10.2. The fourth-order valence-electron chi connectivity index (χ4n) is 1.76. The van der Waals surface area contributed by atoms with Crippen molar-refractivity contribution >= 4 is 11.8 Å². The van der Waals surface area contributed by atoms with E-state index in [1.54, 1.807) is 4.90 Å². The molecule has 0 N–H and O–H groups in total. The summed E-state index contributed by atoms with van der Waals surface area (Å²) < 4.78 is 4.80. The van der Waals surface area contributed by atoms with Gasteiger partial charge in [0.15, 0.2) is 0 Å². The number of hydrogen-bond acceptors (Lipinski definition) is 3. The largest absolute Gasteiger partial charge is 0.375 e. The lowest BCUT2D eigenvalue weighted by Gasteiger charge is -2.35. The van der Waals surface area contributed by atoms with Crippen LogP contribution in [-0.2, 0) is 14.3 Å². The van der Waals surface area contributed by atoms with Crippen molar-refractivity contribution in [3.63, 3.8) is 0 Å². The van der Waals surface area contributed by atoms with E-state index in [0.29, 0.717) is 26.2 Å². The molecule has 1 fully saturated rings. The SMILES string of the molecule is COCC(=O)N1CCN(C(=O)C(C)C)CC1. The molecule has 92 valence electrons. The number of amides is 2. The second kappa shape index (κ2) is 5.84. The molecule has 1 saturated heterocycles. The summed E-state index contributed by atoms with van der Waals surface area (Å²) in [5.74, 6) is 0.194. The Morgan fingerprint density at radius 1 is 1.12 bits per heavy atom. The Labute approximate surface area is 96.3 Å². The molecule has 0 aromatic rings. The highest BCUT2D eigenvalue weighted by Crippen LogP contribution is 2.07. The number of rotatable bonds is 3. The van der Waals surface area contributed by atoms with Gasteiger partial charge < -0.3 is 14.5 Å². The van der Waals surface area contributed by atoms with E-state index in [9.17, 15) is 9.59 Å². The number of nitrogens with zero attached hydrogens (tertiary/aromatic N) is 2. The van der Waals surface area contributed by atoms with Crippen LogP contribution in [0.5, 0.6) is 0 Å². The fraction of sp³-hybridized carbons (Fsp3) is 0.818. The third kappa shape index (κ3) is 3.20. The lowest BCUT2D eigenvalue weighted by Crippen LogP contribution is -2.52. The Kier molecular flexibility index (Phi) is 4.73. The number of ether oxygens (including phenoxy) is 1. The van der Waals surface area contributed by atoms with Gasteiger partial charge in [0.25, 0.3) is 0 Å². The maximum absolute atomic E-state index is 11.7. The second-order valence-electron chi connectivity index (χ2n) is 4.29. The summed E-state index contributed by atoms with van der Waals surface area (Å²) in [5, 5.41) is 0. The predicted molar refractivity (Wildman–Crippen MR) is 59.9 cm³/mol. The normalized spacial score (nSPS) is 16.8. The molecule has 0 atom stereocenters. The van der Waals surface area contributed by atoms with Gasteiger partial charge >= 0.3 is 0 Å². The van der Waals surface area contributed by atoms with Crippen LogP contribution in [0.3, 0.4) is 0 Å². The molecule has 0 aromatic carbocycles. The summed E-state index contributed by atoms with van der Waals surface area (Å²) in [7, 11) is 1.51. The third-order valence-electron chi connectivity index (χ3n) is 2.71. The molecule has 0 bridgehead atoms. The van der Waals surface area contributed by atoms with Crippen molar-refractivity contribution in [3.05, 3.63) is 0 Å². The molecule has 1 aliphatic heterocycles. The van der Waals surface area contributed by atoms with Crippen LogP contribution in [0, 0.1) is 5.92 Å². The van der Waals surface area contributed by atoms with Crippen LogP contribution in [0.2, 0.25) is 0 Å². The van der Waals surface area contributed by atoms with E-state index in [-0.39, 0.29) is 24.3 Å². The molecule has 1 rings (SSSR count). The maximum atomic E-state index is 11.7. The van der Waals surface area contributed by atoms with E-state index in [0.717, 1.165) is 0 Å². The number of hydrogen-bond donors (Lipinski definition) is 0. The first kappa shape index (κ1) is 13.0. The van der Waals surface area contributed by atoms with Gasteiger partial charge in [-0.3, -0.25) is 9.59 Å². The average molecular weight is 228 g/mol. The van der Waals surface area contributed by atoms with E-state index >= 15 is 0 Å². The zero-order valence-electron chi connectivity index (χ0n) is 10.2. The van der Waals surface area contributed by atoms with Gasteiger partial charge in [-0.25, -0.2) is 0 Å². The van der Waals surface area contributed by atoms with Gasteiger partial charge in [0.2, 0.25) is 11.8 Å². The van der Waals surface area contributed by atoms with Crippen LogP contribution >= 0.6 is 0 Å². The first-order chi connectivity index (χ1) is 7.56. The van der Waals surface area contributed by atoms with Crippen molar-refractivity contribution in [1.29, 1.82) is 0 Å². The minimum absolute atomic E-state index is 0.000791. The third-order valence-corrected chi connectivity index (χ3v) is 2.71. The minimum Gasteiger partial charge on any atom is -0.375 e. The highest BCUT2D eigenvalue weighted by atomic mass is 16.5. The van der Waals surface area contributed by atoms with Crippen LogP contribution in [0.4, 0.5) is 0 Å². The number of piperazine rings is 1. The Morgan fingerprint density at radius 2 is 1.62 bits per heavy atom. The molecule has 5 heteroatoms. The molecule has 2 amide bonds. The van der Waals surface area contributed by atoms with Gasteiger partial charge in [-0.2, -0.15) is 0 Å². The smallest absolute Gasteiger partial charge is 0.248 e. The number of carbonyl (C=O) groups excluding carboxylic acids is 2. The van der Waals surface area contributed by atoms with E-state index in [1.165, 1.54) is 7.11 Å². The summed E-state index contributed by atoms with van der Waals surface area (Å²) >= 11 is 0. The summed E-state index contributed by atoms with van der Waals surface area (Å²) in [6, 6.07) is 0. The predicted octanol–water partition coefficient (Wildman–Crippen LogP) is -0.0404. The first-order valence-electron chi connectivity index (χ1n) is 5.61. The molecule has 0 aromatic heterocycles. The van der Waals surface area contributed by atoms with Crippen molar-refractivity contribution in [1.82, 2.24) is 9.80 Å². The lowest BCUT2D eigenvalue weighted by molar-refractivity contribution is -0.143. The monoisotopic (exact) mass is 228 g/mol. The van der Waals surface area contributed by atoms with Crippen LogP contribution in [-0.4, -0.2) is 61.5 Å². The molecule has 5 nitrogen and oxygen atoms in total. The zero-order chi connectivity index (χ0) is 12.1. The van der Waals surface area contributed by atoms with Crippen molar-refractivity contribution in [3.8, 4) is 0 Å². The molecule has 0 aliphatic carbocycles. The quantitative estimate of drug-likeness (QED) is 0.681. The molecule has 1 heterocycles. The molecule has 0 radical (unpaired) electrons. The number of carbonyl (C=O) groups is 2. The average Bonchev–Trinajstić information content (AvgIpc) is 2.28. The molecule has 0 spiro atoms. The topological polar surface area (TPSA) is 49.9 Å². The Balaban J connectivity index is 2.39. The standard InChI is InChI=1S/C11H20N2O3/c1-9(2)11(15)13-6-4-12(5-7-13)10(14)8-16-3/h9H,4-8H2,1-3H3. The summed E-state index contributed by atoms with van der Waals surface area (Å²) in [4.78, 5) is 26.8. The molecule has 0 saturated carbocycles. The van der Waals surface area contributed by atoms with Crippen molar-refractivity contribution in [2.75, 3.05) is 39.9 Å². The van der Waals surface area contributed by atoms with Crippen LogP contribution < -0.4 is 0 Å². The highest BCUT2D eigenvalue weighted by molar-refractivity contribution is 5.80. The van der Waals surface area contributed by atoms with Gasteiger partial charge in [0.1, 0.15) is 6.61 Å². The van der Waals surface area contributed by atoms with Gasteiger partial charge in [0.05, 0.1) is 0 Å². The molecule has 1 aliphatic rings. The second-order valence-corrected chi connectivity index (χ2v) is 4.29. The minimum atomic E-state index is -0.000791. The lowest BCUT2D eigenvalue weighted by atomic mass is 10.1. The molecular formula is C11H20N2O3. The van der Waals surface area contributed by atoms with Crippen molar-refractivity contribution in [2.45, 2.75) is 13.8 Å². The van der Waals surface area contributed by atoms with Crippen molar-refractivity contribution < 1.29 is 14.3 Å². The van der Waals surface area contributed by atoms with Crippen LogP contribution in [0.25, 0.3) is 0 Å². The Bertz CT molecular complexity index is 258. The summed E-state index contributed by atoms with van der Waals surface area (Å²) in [6.07, 6.45) is 0. The molecule has 0 unspecified atom stereocenters. The van der Waals surface area contributed by atoms with E-state index in [4.69, 9.17) is 4.74 Å². The van der Waals surface area contributed by atoms with Crippen molar-refractivity contribution in [2.24, 2.45) is 5.92 Å². The fourth-order valence-corrected chi connectivity index (χ4v) is 1.76. The van der Waals surface area contributed by atoms with E-state index < -0.39 is 0 Å².